The molecular formula is C19H26N4O2S. The number of hydrogen-bond donors (Lipinski definition) is 2. The average molecular weight is 375 g/mol. The summed E-state index contributed by atoms with van der Waals surface area (Å²) in [6.45, 7) is 1.76. The normalized spacial score (nSPS) is 36.0. The maximum Gasteiger partial charge on any atom is 0.248 e. The second-order valence-electron chi connectivity index (χ2n) is 9.10. The Morgan fingerprint density at radius 3 is 2.27 bits per heavy atom. The van der Waals surface area contributed by atoms with Crippen molar-refractivity contribution in [2.45, 2.75) is 70.3 Å². The lowest BCUT2D eigenvalue weighted by Gasteiger charge is -2.55. The molecule has 26 heavy (non-hydrogen) atoms. The van der Waals surface area contributed by atoms with Gasteiger partial charge in [0.05, 0.1) is 0 Å². The van der Waals surface area contributed by atoms with Gasteiger partial charge in [-0.3, -0.25) is 14.9 Å². The molecule has 6 nitrogen and oxygen atoms in total. The quantitative estimate of drug-likeness (QED) is 0.829. The topological polar surface area (TPSA) is 84.0 Å². The maximum atomic E-state index is 13.0. The third-order valence-corrected chi connectivity index (χ3v) is 7.86. The summed E-state index contributed by atoms with van der Waals surface area (Å²) in [5.41, 5.74) is -0.217. The molecule has 0 aromatic carbocycles. The number of nitrogens with one attached hydrogen (secondary N) is 2. The average Bonchev–Trinajstić information content (AvgIpc) is 3.33. The molecule has 0 saturated heterocycles. The number of rotatable bonds is 5. The zero-order valence-corrected chi connectivity index (χ0v) is 16.0. The molecule has 1 atom stereocenters. The van der Waals surface area contributed by atoms with Crippen LogP contribution in [0.5, 0.6) is 0 Å². The van der Waals surface area contributed by atoms with Gasteiger partial charge in [0.15, 0.2) is 0 Å². The molecular weight excluding hydrogens is 348 g/mol. The summed E-state index contributed by atoms with van der Waals surface area (Å²) in [4.78, 5) is 25.5. The predicted molar refractivity (Wildman–Crippen MR) is 98.7 cm³/mol. The first-order chi connectivity index (χ1) is 12.5. The van der Waals surface area contributed by atoms with Gasteiger partial charge in [-0.15, -0.1) is 10.2 Å². The van der Waals surface area contributed by atoms with Crippen LogP contribution in [0, 0.1) is 23.2 Å². The third-order valence-electron chi connectivity index (χ3n) is 6.86. The Balaban J connectivity index is 1.21. The summed E-state index contributed by atoms with van der Waals surface area (Å²) in [5, 5.41) is 15.6. The molecule has 7 heteroatoms. The number of aromatic nitrogens is 2. The highest BCUT2D eigenvalue weighted by Gasteiger charge is 2.54. The zero-order chi connectivity index (χ0) is 17.9. The van der Waals surface area contributed by atoms with Gasteiger partial charge in [0.25, 0.3) is 0 Å². The molecule has 5 aliphatic rings. The van der Waals surface area contributed by atoms with Gasteiger partial charge in [-0.1, -0.05) is 11.3 Å². The Morgan fingerprint density at radius 2 is 1.69 bits per heavy atom. The summed E-state index contributed by atoms with van der Waals surface area (Å²) in [5.74, 6) is 2.58. The summed E-state index contributed by atoms with van der Waals surface area (Å²) in [6, 6.07) is -0.552. The first kappa shape index (κ1) is 16.7. The van der Waals surface area contributed by atoms with Crippen molar-refractivity contribution in [3.63, 3.8) is 0 Å². The number of hydrogen-bond acceptors (Lipinski definition) is 5. The third kappa shape index (κ3) is 2.94. The fraction of sp³-hybridized carbons (Fsp3) is 0.789. The van der Waals surface area contributed by atoms with E-state index >= 15 is 0 Å². The highest BCUT2D eigenvalue weighted by Crippen LogP contribution is 2.60. The van der Waals surface area contributed by atoms with Crippen molar-refractivity contribution in [2.75, 3.05) is 5.32 Å². The minimum Gasteiger partial charge on any atom is -0.344 e. The second kappa shape index (κ2) is 6.01. The molecule has 2 amide bonds. The number of carbonyl (C=O) groups is 2. The smallest absolute Gasteiger partial charge is 0.248 e. The largest absolute Gasteiger partial charge is 0.344 e. The Labute approximate surface area is 157 Å². The van der Waals surface area contributed by atoms with E-state index in [9.17, 15) is 9.59 Å². The van der Waals surface area contributed by atoms with E-state index in [1.54, 1.807) is 6.92 Å². The van der Waals surface area contributed by atoms with Crippen LogP contribution in [0.4, 0.5) is 5.13 Å². The Kier molecular flexibility index (Phi) is 3.85. The second-order valence-corrected chi connectivity index (χ2v) is 10.1. The van der Waals surface area contributed by atoms with Gasteiger partial charge in [-0.05, 0) is 76.0 Å². The van der Waals surface area contributed by atoms with Gasteiger partial charge >= 0.3 is 0 Å². The monoisotopic (exact) mass is 374 g/mol. The molecule has 1 heterocycles. The summed E-state index contributed by atoms with van der Waals surface area (Å²) >= 11 is 1.45. The van der Waals surface area contributed by atoms with Crippen molar-refractivity contribution < 1.29 is 9.59 Å². The van der Waals surface area contributed by atoms with Crippen molar-refractivity contribution in [3.05, 3.63) is 5.01 Å². The van der Waals surface area contributed by atoms with Crippen molar-refractivity contribution in [2.24, 2.45) is 23.2 Å². The highest BCUT2D eigenvalue weighted by molar-refractivity contribution is 7.15. The number of carbonyl (C=O) groups excluding carboxylic acids is 2. The Morgan fingerprint density at radius 1 is 1.08 bits per heavy atom. The summed E-state index contributed by atoms with van der Waals surface area (Å²) in [6.07, 6.45) is 9.30. The van der Waals surface area contributed by atoms with Crippen LogP contribution in [-0.4, -0.2) is 28.1 Å². The standard InChI is InChI=1S/C19H26N4O2S/c1-10(15(24)21-18-23-22-16(26-18)14-2-3-14)20-17(25)19-7-11-4-12(8-19)6-13(5-11)9-19/h10-14H,2-9H2,1H3,(H,20,25)(H,21,23,24)/t10-,11?,12?,13?,19?/m0/s1. The molecule has 5 saturated carbocycles. The van der Waals surface area contributed by atoms with E-state index in [-0.39, 0.29) is 17.2 Å². The Bertz CT molecular complexity index is 706. The number of amides is 2. The van der Waals surface area contributed by atoms with Crippen LogP contribution < -0.4 is 10.6 Å². The van der Waals surface area contributed by atoms with E-state index in [0.717, 1.165) is 42.0 Å². The van der Waals surface area contributed by atoms with Crippen LogP contribution in [0.1, 0.15) is 69.2 Å². The van der Waals surface area contributed by atoms with Gasteiger partial charge in [0.2, 0.25) is 16.9 Å². The minimum absolute atomic E-state index is 0.0928. The summed E-state index contributed by atoms with van der Waals surface area (Å²) < 4.78 is 0. The molecule has 0 unspecified atom stereocenters. The van der Waals surface area contributed by atoms with Gasteiger partial charge in [-0.2, -0.15) is 0 Å². The van der Waals surface area contributed by atoms with Crippen molar-refractivity contribution >= 4 is 28.3 Å². The lowest BCUT2D eigenvalue weighted by molar-refractivity contribution is -0.147. The molecule has 5 aliphatic carbocycles. The first-order valence-electron chi connectivity index (χ1n) is 9.96. The molecule has 6 rings (SSSR count). The van der Waals surface area contributed by atoms with E-state index in [2.05, 4.69) is 20.8 Å². The SMILES string of the molecule is C[C@H](NC(=O)C12CC3CC(CC(C3)C1)C2)C(=O)Nc1nnc(C2CC2)s1. The van der Waals surface area contributed by atoms with Gasteiger partial charge in [0.1, 0.15) is 11.0 Å². The van der Waals surface area contributed by atoms with E-state index in [1.807, 2.05) is 0 Å². The van der Waals surface area contributed by atoms with Crippen LogP contribution >= 0.6 is 11.3 Å². The van der Waals surface area contributed by atoms with E-state index in [1.165, 1.54) is 43.4 Å². The molecule has 0 spiro atoms. The minimum atomic E-state index is -0.552. The maximum absolute atomic E-state index is 13.0. The first-order valence-corrected chi connectivity index (χ1v) is 10.8. The van der Waals surface area contributed by atoms with Gasteiger partial charge in [0, 0.05) is 11.3 Å². The number of nitrogens with zero attached hydrogens (tertiary/aromatic N) is 2. The van der Waals surface area contributed by atoms with Crippen molar-refractivity contribution in [3.8, 4) is 0 Å². The molecule has 5 fully saturated rings. The molecule has 2 N–H and O–H groups in total. The predicted octanol–water partition coefficient (Wildman–Crippen LogP) is 3.08. The van der Waals surface area contributed by atoms with Crippen molar-refractivity contribution in [1.29, 1.82) is 0 Å². The number of anilines is 1. The van der Waals surface area contributed by atoms with Crippen LogP contribution in [0.25, 0.3) is 0 Å². The van der Waals surface area contributed by atoms with Gasteiger partial charge in [-0.25, -0.2) is 0 Å². The van der Waals surface area contributed by atoms with Crippen LogP contribution in [0.2, 0.25) is 0 Å². The molecule has 4 bridgehead atoms. The Hall–Kier alpha value is -1.50. The lowest BCUT2D eigenvalue weighted by atomic mass is 9.49. The highest BCUT2D eigenvalue weighted by atomic mass is 32.1. The van der Waals surface area contributed by atoms with Crippen LogP contribution in [0.3, 0.4) is 0 Å². The fourth-order valence-electron chi connectivity index (χ4n) is 5.80. The zero-order valence-electron chi connectivity index (χ0n) is 15.2. The molecule has 0 radical (unpaired) electrons. The van der Waals surface area contributed by atoms with Gasteiger partial charge < -0.3 is 5.32 Å². The molecule has 140 valence electrons. The van der Waals surface area contributed by atoms with E-state index < -0.39 is 6.04 Å². The van der Waals surface area contributed by atoms with Crippen molar-refractivity contribution in [1.82, 2.24) is 15.5 Å². The van der Waals surface area contributed by atoms with Crippen LogP contribution in [0.15, 0.2) is 0 Å². The lowest BCUT2D eigenvalue weighted by Crippen LogP contribution is -2.56. The fourth-order valence-corrected chi connectivity index (χ4v) is 6.71. The van der Waals surface area contributed by atoms with E-state index in [0.29, 0.717) is 11.0 Å². The van der Waals surface area contributed by atoms with E-state index in [4.69, 9.17) is 0 Å². The summed E-state index contributed by atoms with van der Waals surface area (Å²) in [7, 11) is 0. The molecule has 1 aromatic heterocycles. The molecule has 0 aliphatic heterocycles. The van der Waals surface area contributed by atoms with Crippen LogP contribution in [-0.2, 0) is 9.59 Å². The molecule has 1 aromatic rings.